The topological polar surface area (TPSA) is 63.0 Å². The van der Waals surface area contributed by atoms with Gasteiger partial charge in [0.2, 0.25) is 5.91 Å². The van der Waals surface area contributed by atoms with Crippen LogP contribution in [0.1, 0.15) is 44.6 Å². The summed E-state index contributed by atoms with van der Waals surface area (Å²) in [7, 11) is 1.61. The van der Waals surface area contributed by atoms with E-state index in [9.17, 15) is 9.90 Å². The van der Waals surface area contributed by atoms with Crippen molar-refractivity contribution in [3.05, 3.63) is 23.8 Å². The Bertz CT molecular complexity index is 601. The van der Waals surface area contributed by atoms with Crippen LogP contribution in [0.2, 0.25) is 0 Å². The zero-order valence-corrected chi connectivity index (χ0v) is 15.4. The molecule has 1 aliphatic heterocycles. The molecule has 1 saturated carbocycles. The van der Waals surface area contributed by atoms with Crippen LogP contribution in [0.5, 0.6) is 11.5 Å². The van der Waals surface area contributed by atoms with Gasteiger partial charge in [-0.25, -0.2) is 0 Å². The number of aromatic hydroxyl groups is 1. The number of nitrogens with one attached hydrogen (secondary N) is 2. The van der Waals surface area contributed by atoms with E-state index >= 15 is 0 Å². The van der Waals surface area contributed by atoms with E-state index in [1.54, 1.807) is 13.2 Å². The average molecular weight is 347 g/mol. The number of quaternary nitrogens is 1. The van der Waals surface area contributed by atoms with Crippen LogP contribution in [0.3, 0.4) is 0 Å². The standard InChI is InChI=1S/C20H30N2O3/c1-3-14-12-22(13-16-4-7-18(25-2)11-19(16)23)9-8-15(14)10-20(24)21-17-5-6-17/h4,7,11,14-15,17,23H,3,5-6,8-10,12-13H2,1-2H3,(H,21,24)/p+1/t14-,15-/m0/s1. The predicted octanol–water partition coefficient (Wildman–Crippen LogP) is 1.50. The summed E-state index contributed by atoms with van der Waals surface area (Å²) >= 11 is 0. The van der Waals surface area contributed by atoms with Crippen molar-refractivity contribution in [1.82, 2.24) is 5.32 Å². The zero-order valence-electron chi connectivity index (χ0n) is 15.4. The number of rotatable bonds is 7. The minimum absolute atomic E-state index is 0.238. The summed E-state index contributed by atoms with van der Waals surface area (Å²) in [5.74, 6) is 2.31. The Morgan fingerprint density at radius 3 is 2.76 bits per heavy atom. The highest BCUT2D eigenvalue weighted by molar-refractivity contribution is 5.76. The summed E-state index contributed by atoms with van der Waals surface area (Å²) in [6.45, 7) is 5.18. The molecule has 3 rings (SSSR count). The first kappa shape index (κ1) is 18.1. The zero-order chi connectivity index (χ0) is 17.8. The van der Waals surface area contributed by atoms with Gasteiger partial charge in [0.1, 0.15) is 18.0 Å². The number of carbonyl (C=O) groups is 1. The molecule has 2 fully saturated rings. The lowest BCUT2D eigenvalue weighted by Crippen LogP contribution is -3.12. The van der Waals surface area contributed by atoms with Crippen LogP contribution in [0, 0.1) is 11.8 Å². The number of hydrogen-bond donors (Lipinski definition) is 3. The monoisotopic (exact) mass is 347 g/mol. The third kappa shape index (κ3) is 4.88. The van der Waals surface area contributed by atoms with E-state index < -0.39 is 0 Å². The van der Waals surface area contributed by atoms with Crippen molar-refractivity contribution in [1.29, 1.82) is 0 Å². The van der Waals surface area contributed by atoms with Crippen molar-refractivity contribution in [2.45, 2.75) is 51.6 Å². The number of carbonyl (C=O) groups excluding carboxylic acids is 1. The molecule has 1 aliphatic carbocycles. The van der Waals surface area contributed by atoms with Gasteiger partial charge in [0.05, 0.1) is 20.2 Å². The van der Waals surface area contributed by atoms with Crippen molar-refractivity contribution in [2.24, 2.45) is 11.8 Å². The van der Waals surface area contributed by atoms with E-state index in [4.69, 9.17) is 4.74 Å². The van der Waals surface area contributed by atoms with Crippen LogP contribution < -0.4 is 15.0 Å². The summed E-state index contributed by atoms with van der Waals surface area (Å²) in [6, 6.07) is 6.00. The Balaban J connectivity index is 1.54. The van der Waals surface area contributed by atoms with Crippen LogP contribution in [0.15, 0.2) is 18.2 Å². The van der Waals surface area contributed by atoms with Crippen LogP contribution in [0.4, 0.5) is 0 Å². The van der Waals surface area contributed by atoms with Crippen molar-refractivity contribution in [3.8, 4) is 11.5 Å². The lowest BCUT2D eigenvalue weighted by molar-refractivity contribution is -0.923. The first-order chi connectivity index (χ1) is 12.1. The fourth-order valence-electron chi connectivity index (χ4n) is 4.01. The molecule has 5 nitrogen and oxygen atoms in total. The highest BCUT2D eigenvalue weighted by atomic mass is 16.5. The highest BCUT2D eigenvalue weighted by Gasteiger charge is 2.33. The van der Waals surface area contributed by atoms with Crippen molar-refractivity contribution in [2.75, 3.05) is 20.2 Å². The molecule has 3 atom stereocenters. The Hall–Kier alpha value is -1.75. The van der Waals surface area contributed by atoms with E-state index in [1.807, 2.05) is 12.1 Å². The lowest BCUT2D eigenvalue weighted by Gasteiger charge is -2.35. The smallest absolute Gasteiger partial charge is 0.220 e. The van der Waals surface area contributed by atoms with Gasteiger partial charge in [0.15, 0.2) is 0 Å². The van der Waals surface area contributed by atoms with Gasteiger partial charge in [0.25, 0.3) is 0 Å². The fraction of sp³-hybridized carbons (Fsp3) is 0.650. The van der Waals surface area contributed by atoms with Crippen LogP contribution in [-0.4, -0.2) is 37.3 Å². The number of benzene rings is 1. The van der Waals surface area contributed by atoms with Crippen LogP contribution in [0.25, 0.3) is 0 Å². The Labute approximate surface area is 150 Å². The number of methoxy groups -OCH3 is 1. The predicted molar refractivity (Wildman–Crippen MR) is 96.7 cm³/mol. The molecule has 0 spiro atoms. The molecule has 1 amide bonds. The number of amides is 1. The minimum atomic E-state index is 0.238. The van der Waals surface area contributed by atoms with Gasteiger partial charge in [-0.15, -0.1) is 0 Å². The molecule has 25 heavy (non-hydrogen) atoms. The summed E-state index contributed by atoms with van der Waals surface area (Å²) in [6.07, 6.45) is 5.17. The summed E-state index contributed by atoms with van der Waals surface area (Å²) in [4.78, 5) is 13.6. The van der Waals surface area contributed by atoms with Gasteiger partial charge >= 0.3 is 0 Å². The second kappa shape index (κ2) is 8.09. The highest BCUT2D eigenvalue weighted by Crippen LogP contribution is 2.26. The molecule has 1 aromatic carbocycles. The molecule has 3 N–H and O–H groups in total. The summed E-state index contributed by atoms with van der Waals surface area (Å²) in [5.41, 5.74) is 0.968. The van der Waals surface area contributed by atoms with Crippen LogP contribution >= 0.6 is 0 Å². The average Bonchev–Trinajstić information content (AvgIpc) is 3.41. The number of phenolic OH excluding ortho intramolecular Hbond substituents is 1. The van der Waals surface area contributed by atoms with E-state index in [-0.39, 0.29) is 5.91 Å². The molecule has 0 aromatic heterocycles. The van der Waals surface area contributed by atoms with Crippen molar-refractivity contribution in [3.63, 3.8) is 0 Å². The Morgan fingerprint density at radius 1 is 1.32 bits per heavy atom. The van der Waals surface area contributed by atoms with Gasteiger partial charge < -0.3 is 20.1 Å². The molecule has 1 aromatic rings. The maximum atomic E-state index is 12.1. The largest absolute Gasteiger partial charge is 0.507 e. The molecule has 1 heterocycles. The maximum absolute atomic E-state index is 12.1. The normalized spacial score (nSPS) is 26.2. The van der Waals surface area contributed by atoms with Gasteiger partial charge in [-0.1, -0.05) is 6.92 Å². The third-order valence-corrected chi connectivity index (χ3v) is 5.73. The molecule has 5 heteroatoms. The van der Waals surface area contributed by atoms with Crippen molar-refractivity contribution >= 4 is 5.91 Å². The molecular weight excluding hydrogens is 316 g/mol. The third-order valence-electron chi connectivity index (χ3n) is 5.73. The van der Waals surface area contributed by atoms with E-state index in [0.29, 0.717) is 35.8 Å². The Morgan fingerprint density at radius 2 is 2.12 bits per heavy atom. The number of ether oxygens (including phenoxy) is 1. The second-order valence-corrected chi connectivity index (χ2v) is 7.64. The molecule has 1 saturated heterocycles. The van der Waals surface area contributed by atoms with E-state index in [1.165, 1.54) is 4.90 Å². The first-order valence-electron chi connectivity index (χ1n) is 9.57. The summed E-state index contributed by atoms with van der Waals surface area (Å²) < 4.78 is 5.15. The fourth-order valence-corrected chi connectivity index (χ4v) is 4.01. The molecule has 0 radical (unpaired) electrons. The van der Waals surface area contributed by atoms with Gasteiger partial charge in [-0.05, 0) is 37.3 Å². The quantitative estimate of drug-likeness (QED) is 0.700. The van der Waals surface area contributed by atoms with Crippen LogP contribution in [-0.2, 0) is 11.3 Å². The molecule has 138 valence electrons. The van der Waals surface area contributed by atoms with Gasteiger partial charge in [-0.2, -0.15) is 0 Å². The molecule has 1 unspecified atom stereocenters. The van der Waals surface area contributed by atoms with Crippen molar-refractivity contribution < 1.29 is 19.5 Å². The minimum Gasteiger partial charge on any atom is -0.507 e. The molecule has 0 bridgehead atoms. The Kier molecular flexibility index (Phi) is 5.84. The van der Waals surface area contributed by atoms with Gasteiger partial charge in [-0.3, -0.25) is 4.79 Å². The lowest BCUT2D eigenvalue weighted by atomic mass is 9.81. The second-order valence-electron chi connectivity index (χ2n) is 7.64. The first-order valence-corrected chi connectivity index (χ1v) is 9.57. The number of likely N-dealkylation sites (tertiary alicyclic amines) is 1. The number of hydrogen-bond acceptors (Lipinski definition) is 3. The van der Waals surface area contributed by atoms with Gasteiger partial charge in [0, 0.05) is 36.4 Å². The number of piperidine rings is 1. The maximum Gasteiger partial charge on any atom is 0.220 e. The van der Waals surface area contributed by atoms with E-state index in [2.05, 4.69) is 12.2 Å². The number of phenols is 1. The summed E-state index contributed by atoms with van der Waals surface area (Å²) in [5, 5.41) is 13.3. The molecular formula is C20H31N2O3+. The SMILES string of the molecule is CC[C@H]1C[NH+](Cc2ccc(OC)cc2O)CC[C@H]1CC(=O)NC1CC1. The molecule has 2 aliphatic rings. The van der Waals surface area contributed by atoms with E-state index in [0.717, 1.165) is 50.9 Å².